The van der Waals surface area contributed by atoms with Crippen molar-refractivity contribution in [2.24, 2.45) is 0 Å². The molecule has 0 aliphatic carbocycles. The average molecular weight is 308 g/mol. The van der Waals surface area contributed by atoms with Gasteiger partial charge in [0.1, 0.15) is 5.75 Å². The van der Waals surface area contributed by atoms with Crippen LogP contribution in [-0.4, -0.2) is 26.8 Å². The summed E-state index contributed by atoms with van der Waals surface area (Å²) in [4.78, 5) is 11.5. The first-order valence-corrected chi connectivity index (χ1v) is 7.69. The molecule has 22 heavy (non-hydrogen) atoms. The molecule has 0 fully saturated rings. The van der Waals surface area contributed by atoms with Crippen LogP contribution in [0.25, 0.3) is 6.08 Å². The van der Waals surface area contributed by atoms with E-state index < -0.39 is 5.97 Å². The molecule has 4 heteroatoms. The monoisotopic (exact) mass is 308 g/mol. The Hall–Kier alpha value is -1.97. The highest BCUT2D eigenvalue weighted by atomic mass is 16.6. The largest absolute Gasteiger partial charge is 0.493 e. The minimum Gasteiger partial charge on any atom is -0.493 e. The molecule has 0 unspecified atom stereocenters. The number of aryl methyl sites for hydroxylation is 1. The number of esters is 1. The minimum absolute atomic E-state index is 0.163. The molecule has 1 rings (SSSR count). The normalized spacial score (nSPS) is 10.4. The summed E-state index contributed by atoms with van der Waals surface area (Å²) in [5.41, 5.74) is 1.90. The van der Waals surface area contributed by atoms with Gasteiger partial charge in [-0.1, -0.05) is 39.3 Å². The second kappa shape index (κ2) is 11.7. The molecular weight excluding hydrogens is 280 g/mol. The lowest BCUT2D eigenvalue weighted by Gasteiger charge is -2.10. The smallest absolute Gasteiger partial charge is 0.373 e. The van der Waals surface area contributed by atoms with Gasteiger partial charge in [0.15, 0.2) is 0 Å². The molecule has 0 heterocycles. The Morgan fingerprint density at radius 2 is 1.86 bits per heavy atom. The summed E-state index contributed by atoms with van der Waals surface area (Å²) in [6, 6.07) is 5.76. The van der Waals surface area contributed by atoms with Gasteiger partial charge >= 0.3 is 5.97 Å². The van der Waals surface area contributed by atoms with Gasteiger partial charge in [-0.05, 0) is 36.6 Å². The third kappa shape index (κ3) is 6.66. The Labute approximate surface area is 134 Å². The standard InChI is InChI=1S/C16H22O4.C2H6/c1-5-6-9-20-14-10-13(8-7-12(14)2)11-15(18-3)16(17)19-4;1-2/h7-8,10-11H,5-6,9H2,1-4H3;1-2H3/b15-11-;. The van der Waals surface area contributed by atoms with Crippen LogP contribution < -0.4 is 4.74 Å². The summed E-state index contributed by atoms with van der Waals surface area (Å²) in [5.74, 6) is 0.491. The fourth-order valence-corrected chi connectivity index (χ4v) is 1.64. The average Bonchev–Trinajstić information content (AvgIpc) is 2.56. The third-order valence-electron chi connectivity index (χ3n) is 2.87. The summed E-state index contributed by atoms with van der Waals surface area (Å²) in [5, 5.41) is 0. The van der Waals surface area contributed by atoms with E-state index >= 15 is 0 Å². The zero-order chi connectivity index (χ0) is 17.0. The molecule has 0 spiro atoms. The van der Waals surface area contributed by atoms with Gasteiger partial charge in [-0.25, -0.2) is 4.79 Å². The lowest BCUT2D eigenvalue weighted by Crippen LogP contribution is -2.06. The maximum Gasteiger partial charge on any atom is 0.373 e. The van der Waals surface area contributed by atoms with Gasteiger partial charge in [0, 0.05) is 0 Å². The highest BCUT2D eigenvalue weighted by Crippen LogP contribution is 2.22. The minimum atomic E-state index is -0.499. The highest BCUT2D eigenvalue weighted by Gasteiger charge is 2.10. The van der Waals surface area contributed by atoms with E-state index in [9.17, 15) is 4.79 Å². The van der Waals surface area contributed by atoms with Crippen LogP contribution in [-0.2, 0) is 14.3 Å². The summed E-state index contributed by atoms with van der Waals surface area (Å²) >= 11 is 0. The number of rotatable bonds is 7. The van der Waals surface area contributed by atoms with Crippen LogP contribution in [0.1, 0.15) is 44.7 Å². The van der Waals surface area contributed by atoms with Crippen molar-refractivity contribution in [3.05, 3.63) is 35.1 Å². The molecule has 4 nitrogen and oxygen atoms in total. The molecule has 1 aromatic rings. The maximum atomic E-state index is 11.5. The van der Waals surface area contributed by atoms with Crippen LogP contribution in [0.3, 0.4) is 0 Å². The summed E-state index contributed by atoms with van der Waals surface area (Å²) in [6.45, 7) is 8.81. The third-order valence-corrected chi connectivity index (χ3v) is 2.87. The first-order chi connectivity index (χ1) is 10.6. The lowest BCUT2D eigenvalue weighted by atomic mass is 10.1. The quantitative estimate of drug-likeness (QED) is 0.325. The molecule has 0 saturated heterocycles. The summed E-state index contributed by atoms with van der Waals surface area (Å²) in [7, 11) is 2.76. The van der Waals surface area contributed by atoms with Crippen LogP contribution >= 0.6 is 0 Å². The van der Waals surface area contributed by atoms with Crippen LogP contribution in [0, 0.1) is 6.92 Å². The molecule has 1 aromatic carbocycles. The molecular formula is C18H28O4. The summed E-state index contributed by atoms with van der Waals surface area (Å²) in [6.07, 6.45) is 3.75. The molecule has 0 bridgehead atoms. The number of hydrogen-bond acceptors (Lipinski definition) is 4. The van der Waals surface area contributed by atoms with E-state index in [-0.39, 0.29) is 5.76 Å². The fraction of sp³-hybridized carbons (Fsp3) is 0.500. The van der Waals surface area contributed by atoms with E-state index in [1.54, 1.807) is 6.08 Å². The van der Waals surface area contributed by atoms with Crippen LogP contribution in [0.4, 0.5) is 0 Å². The van der Waals surface area contributed by atoms with Crippen molar-refractivity contribution in [3.8, 4) is 5.75 Å². The molecule has 0 atom stereocenters. The number of carbonyl (C=O) groups is 1. The topological polar surface area (TPSA) is 44.8 Å². The number of hydrogen-bond donors (Lipinski definition) is 0. The molecule has 0 aliphatic rings. The fourth-order valence-electron chi connectivity index (χ4n) is 1.64. The Morgan fingerprint density at radius 1 is 1.18 bits per heavy atom. The van der Waals surface area contributed by atoms with Crippen molar-refractivity contribution < 1.29 is 19.0 Å². The molecule has 0 radical (unpaired) electrons. The van der Waals surface area contributed by atoms with Crippen molar-refractivity contribution >= 4 is 12.0 Å². The van der Waals surface area contributed by atoms with Gasteiger partial charge in [-0.3, -0.25) is 0 Å². The molecule has 0 amide bonds. The predicted octanol–water partition coefficient (Wildman–Crippen LogP) is 4.36. The number of benzene rings is 1. The molecule has 0 aromatic heterocycles. The van der Waals surface area contributed by atoms with Gasteiger partial charge in [0.25, 0.3) is 0 Å². The zero-order valence-electron chi connectivity index (χ0n) is 14.6. The maximum absolute atomic E-state index is 11.5. The van der Waals surface area contributed by atoms with Gasteiger partial charge in [-0.15, -0.1) is 0 Å². The predicted molar refractivity (Wildman–Crippen MR) is 89.9 cm³/mol. The van der Waals surface area contributed by atoms with Crippen LogP contribution in [0.5, 0.6) is 5.75 Å². The van der Waals surface area contributed by atoms with Gasteiger partial charge in [0.2, 0.25) is 5.76 Å². The van der Waals surface area contributed by atoms with E-state index in [1.807, 2.05) is 39.0 Å². The van der Waals surface area contributed by atoms with Gasteiger partial charge in [0.05, 0.1) is 20.8 Å². The first-order valence-electron chi connectivity index (χ1n) is 7.69. The lowest BCUT2D eigenvalue weighted by molar-refractivity contribution is -0.139. The Kier molecular flexibility index (Phi) is 10.6. The Balaban J connectivity index is 0.00000211. The number of methoxy groups -OCH3 is 2. The Morgan fingerprint density at radius 3 is 2.41 bits per heavy atom. The van der Waals surface area contributed by atoms with Crippen molar-refractivity contribution in [1.82, 2.24) is 0 Å². The number of ether oxygens (including phenoxy) is 3. The molecule has 0 N–H and O–H groups in total. The SMILES string of the molecule is CC.CCCCOc1cc(/C=C(\OC)C(=O)OC)ccc1C. The van der Waals surface area contributed by atoms with E-state index in [4.69, 9.17) is 9.47 Å². The molecule has 124 valence electrons. The van der Waals surface area contributed by atoms with Crippen LogP contribution in [0.15, 0.2) is 24.0 Å². The zero-order valence-corrected chi connectivity index (χ0v) is 14.6. The second-order valence-electron chi connectivity index (χ2n) is 4.43. The van der Waals surface area contributed by atoms with E-state index in [2.05, 4.69) is 11.7 Å². The van der Waals surface area contributed by atoms with E-state index in [0.29, 0.717) is 6.61 Å². The first kappa shape index (κ1) is 20.0. The summed E-state index contributed by atoms with van der Waals surface area (Å²) < 4.78 is 15.4. The number of unbranched alkanes of at least 4 members (excludes halogenated alkanes) is 1. The molecule has 0 aliphatic heterocycles. The number of carbonyl (C=O) groups excluding carboxylic acids is 1. The van der Waals surface area contributed by atoms with Crippen molar-refractivity contribution in [3.63, 3.8) is 0 Å². The highest BCUT2D eigenvalue weighted by molar-refractivity contribution is 5.91. The molecule has 0 saturated carbocycles. The van der Waals surface area contributed by atoms with Gasteiger partial charge in [-0.2, -0.15) is 0 Å². The van der Waals surface area contributed by atoms with Crippen molar-refractivity contribution in [2.75, 3.05) is 20.8 Å². The van der Waals surface area contributed by atoms with Gasteiger partial charge < -0.3 is 14.2 Å². The van der Waals surface area contributed by atoms with E-state index in [0.717, 1.165) is 29.7 Å². The van der Waals surface area contributed by atoms with E-state index in [1.165, 1.54) is 14.2 Å². The second-order valence-corrected chi connectivity index (χ2v) is 4.43. The van der Waals surface area contributed by atoms with Crippen molar-refractivity contribution in [1.29, 1.82) is 0 Å². The van der Waals surface area contributed by atoms with Crippen molar-refractivity contribution in [2.45, 2.75) is 40.5 Å². The Bertz CT molecular complexity index is 478. The van der Waals surface area contributed by atoms with Crippen LogP contribution in [0.2, 0.25) is 0 Å².